The largest absolute Gasteiger partial charge is 0.394 e. The van der Waals surface area contributed by atoms with Gasteiger partial charge in [0.05, 0.1) is 18.2 Å². The van der Waals surface area contributed by atoms with Gasteiger partial charge in [-0.15, -0.1) is 0 Å². The number of hydrogen-bond acceptors (Lipinski definition) is 9. The van der Waals surface area contributed by atoms with E-state index in [0.29, 0.717) is 16.6 Å². The summed E-state index contributed by atoms with van der Waals surface area (Å²) in [7, 11) is 1.47. The summed E-state index contributed by atoms with van der Waals surface area (Å²) in [5.41, 5.74) is 5.94. The SMILES string of the molecule is CO[C@]1(C)C(O)C(CO)O[C@H]1n1cc(/C=N/N)c2c(N)ncnc21. The van der Waals surface area contributed by atoms with Gasteiger partial charge in [0.2, 0.25) is 0 Å². The first kappa shape index (κ1) is 16.6. The molecule has 0 spiro atoms. The number of nitrogens with zero attached hydrogens (tertiary/aromatic N) is 4. The minimum absolute atomic E-state index is 0.269. The van der Waals surface area contributed by atoms with Gasteiger partial charge in [0.25, 0.3) is 0 Å². The van der Waals surface area contributed by atoms with E-state index >= 15 is 0 Å². The standard InChI is InChI=1S/C14H20N6O4/c1-14(23-2)10(22)8(5-21)24-13(14)20-4-7(3-19-16)9-11(15)17-6-18-12(9)20/h3-4,6,8,10,13,21-22H,5,16H2,1-2H3,(H2,15,17,18)/b19-3+/t8?,10?,13-,14-/m1/s1. The van der Waals surface area contributed by atoms with Gasteiger partial charge in [-0.1, -0.05) is 0 Å². The van der Waals surface area contributed by atoms with Crippen molar-refractivity contribution in [1.82, 2.24) is 14.5 Å². The van der Waals surface area contributed by atoms with Crippen molar-refractivity contribution in [3.05, 3.63) is 18.1 Å². The molecule has 10 heteroatoms. The molecular formula is C14H20N6O4. The number of fused-ring (bicyclic) bond motifs is 1. The number of aliphatic hydroxyl groups excluding tert-OH is 2. The number of ether oxygens (including phenoxy) is 2. The zero-order chi connectivity index (χ0) is 17.5. The van der Waals surface area contributed by atoms with E-state index in [1.165, 1.54) is 19.7 Å². The molecule has 2 unspecified atom stereocenters. The summed E-state index contributed by atoms with van der Waals surface area (Å²) in [5, 5.41) is 24.0. The van der Waals surface area contributed by atoms with E-state index in [1.807, 2.05) is 0 Å². The Morgan fingerprint density at radius 1 is 1.54 bits per heavy atom. The summed E-state index contributed by atoms with van der Waals surface area (Å²) in [6.07, 6.45) is 1.89. The Morgan fingerprint density at radius 2 is 2.29 bits per heavy atom. The van der Waals surface area contributed by atoms with Crippen molar-refractivity contribution in [2.24, 2.45) is 10.9 Å². The van der Waals surface area contributed by atoms with Crippen molar-refractivity contribution in [2.75, 3.05) is 19.5 Å². The van der Waals surface area contributed by atoms with Crippen LogP contribution in [-0.2, 0) is 9.47 Å². The Bertz CT molecular complexity index is 778. The first-order chi connectivity index (χ1) is 11.5. The van der Waals surface area contributed by atoms with Crippen LogP contribution in [0.25, 0.3) is 11.0 Å². The van der Waals surface area contributed by atoms with Crippen LogP contribution >= 0.6 is 0 Å². The van der Waals surface area contributed by atoms with E-state index < -0.39 is 24.0 Å². The second kappa shape index (κ2) is 5.98. The molecule has 1 aliphatic rings. The Balaban J connectivity index is 2.21. The average Bonchev–Trinajstić information content (AvgIpc) is 3.06. The summed E-state index contributed by atoms with van der Waals surface area (Å²) in [6, 6.07) is 0. The molecule has 1 saturated heterocycles. The summed E-state index contributed by atoms with van der Waals surface area (Å²) in [5.74, 6) is 5.53. The number of aromatic nitrogens is 3. The summed E-state index contributed by atoms with van der Waals surface area (Å²) >= 11 is 0. The van der Waals surface area contributed by atoms with Gasteiger partial charge in [-0.3, -0.25) is 0 Å². The highest BCUT2D eigenvalue weighted by Gasteiger charge is 2.54. The van der Waals surface area contributed by atoms with Gasteiger partial charge in [0.1, 0.15) is 35.6 Å². The second-order valence-electron chi connectivity index (χ2n) is 5.77. The van der Waals surface area contributed by atoms with Crippen molar-refractivity contribution >= 4 is 23.1 Å². The highest BCUT2D eigenvalue weighted by Crippen LogP contribution is 2.42. The van der Waals surface area contributed by atoms with Crippen molar-refractivity contribution in [2.45, 2.75) is 31.0 Å². The van der Waals surface area contributed by atoms with Crippen LogP contribution in [0.4, 0.5) is 5.82 Å². The van der Waals surface area contributed by atoms with Crippen LogP contribution in [-0.4, -0.2) is 62.5 Å². The summed E-state index contributed by atoms with van der Waals surface area (Å²) in [6.45, 7) is 1.36. The molecule has 4 atom stereocenters. The van der Waals surface area contributed by atoms with Crippen LogP contribution in [0.15, 0.2) is 17.6 Å². The highest BCUT2D eigenvalue weighted by molar-refractivity contribution is 6.02. The number of methoxy groups -OCH3 is 1. The molecule has 0 radical (unpaired) electrons. The molecule has 1 fully saturated rings. The zero-order valence-corrected chi connectivity index (χ0v) is 13.3. The van der Waals surface area contributed by atoms with Crippen molar-refractivity contribution in [3.8, 4) is 0 Å². The van der Waals surface area contributed by atoms with E-state index in [2.05, 4.69) is 15.1 Å². The van der Waals surface area contributed by atoms with E-state index in [-0.39, 0.29) is 12.4 Å². The number of hydrogen-bond donors (Lipinski definition) is 4. The van der Waals surface area contributed by atoms with E-state index in [4.69, 9.17) is 21.1 Å². The topological polar surface area (TPSA) is 154 Å². The minimum Gasteiger partial charge on any atom is -0.394 e. The molecule has 2 aromatic heterocycles. The first-order valence-electron chi connectivity index (χ1n) is 7.31. The Kier molecular flexibility index (Phi) is 4.13. The molecule has 0 saturated carbocycles. The molecule has 1 aliphatic heterocycles. The maximum absolute atomic E-state index is 10.4. The van der Waals surface area contributed by atoms with Gasteiger partial charge in [0.15, 0.2) is 6.23 Å². The first-order valence-corrected chi connectivity index (χ1v) is 7.31. The smallest absolute Gasteiger partial charge is 0.167 e. The maximum Gasteiger partial charge on any atom is 0.167 e. The lowest BCUT2D eigenvalue weighted by molar-refractivity contribution is -0.118. The van der Waals surface area contributed by atoms with Crippen molar-refractivity contribution in [3.63, 3.8) is 0 Å². The molecule has 0 aromatic carbocycles. The molecular weight excluding hydrogens is 316 g/mol. The van der Waals surface area contributed by atoms with Crippen LogP contribution in [0.2, 0.25) is 0 Å². The Morgan fingerprint density at radius 3 is 2.92 bits per heavy atom. The van der Waals surface area contributed by atoms with Gasteiger partial charge in [-0.05, 0) is 6.92 Å². The number of anilines is 1. The Hall–Kier alpha value is -2.27. The maximum atomic E-state index is 10.4. The average molecular weight is 336 g/mol. The summed E-state index contributed by atoms with van der Waals surface area (Å²) in [4.78, 5) is 8.24. The van der Waals surface area contributed by atoms with Crippen LogP contribution in [0.3, 0.4) is 0 Å². The fraction of sp³-hybridized carbons (Fsp3) is 0.500. The number of aliphatic hydroxyl groups is 2. The fourth-order valence-electron chi connectivity index (χ4n) is 3.09. The van der Waals surface area contributed by atoms with E-state index in [0.717, 1.165) is 0 Å². The van der Waals surface area contributed by atoms with Gasteiger partial charge >= 0.3 is 0 Å². The predicted molar refractivity (Wildman–Crippen MR) is 86.1 cm³/mol. The molecule has 24 heavy (non-hydrogen) atoms. The zero-order valence-electron chi connectivity index (χ0n) is 13.3. The van der Waals surface area contributed by atoms with Crippen LogP contribution in [0.1, 0.15) is 18.7 Å². The third kappa shape index (κ3) is 2.23. The number of nitrogens with two attached hydrogens (primary N) is 2. The fourth-order valence-corrected chi connectivity index (χ4v) is 3.09. The van der Waals surface area contributed by atoms with Gasteiger partial charge in [-0.25, -0.2) is 9.97 Å². The second-order valence-corrected chi connectivity index (χ2v) is 5.77. The minimum atomic E-state index is -1.10. The molecule has 3 heterocycles. The van der Waals surface area contributed by atoms with Crippen molar-refractivity contribution < 1.29 is 19.7 Å². The molecule has 130 valence electrons. The van der Waals surface area contributed by atoms with E-state index in [9.17, 15) is 10.2 Å². The summed E-state index contributed by atoms with van der Waals surface area (Å²) < 4.78 is 13.0. The highest BCUT2D eigenvalue weighted by atomic mass is 16.6. The van der Waals surface area contributed by atoms with Crippen molar-refractivity contribution in [1.29, 1.82) is 0 Å². The normalized spacial score (nSPS) is 30.6. The van der Waals surface area contributed by atoms with Gasteiger partial charge in [-0.2, -0.15) is 5.10 Å². The molecule has 3 rings (SSSR count). The monoisotopic (exact) mass is 336 g/mol. The lowest BCUT2D eigenvalue weighted by Gasteiger charge is -2.31. The number of rotatable bonds is 4. The van der Waals surface area contributed by atoms with Gasteiger partial charge in [0, 0.05) is 18.9 Å². The third-order valence-electron chi connectivity index (χ3n) is 4.49. The molecule has 0 aliphatic carbocycles. The lowest BCUT2D eigenvalue weighted by Crippen LogP contribution is -2.46. The molecule has 10 nitrogen and oxygen atoms in total. The van der Waals surface area contributed by atoms with Gasteiger partial charge < -0.3 is 35.8 Å². The van der Waals surface area contributed by atoms with Crippen LogP contribution in [0.5, 0.6) is 0 Å². The lowest BCUT2D eigenvalue weighted by atomic mass is 9.96. The predicted octanol–water partition coefficient (Wildman–Crippen LogP) is -1.04. The number of nitrogen functional groups attached to an aromatic ring is 1. The molecule has 0 bridgehead atoms. The molecule has 6 N–H and O–H groups in total. The quantitative estimate of drug-likeness (QED) is 0.314. The Labute approximate surface area is 137 Å². The van der Waals surface area contributed by atoms with E-state index in [1.54, 1.807) is 17.7 Å². The number of hydrazone groups is 1. The molecule has 2 aromatic rings. The third-order valence-corrected chi connectivity index (χ3v) is 4.49. The van der Waals surface area contributed by atoms with Crippen LogP contribution in [0, 0.1) is 0 Å². The molecule has 0 amide bonds. The van der Waals surface area contributed by atoms with Crippen LogP contribution < -0.4 is 11.6 Å².